The van der Waals surface area contributed by atoms with Gasteiger partial charge in [0.25, 0.3) is 5.91 Å². The van der Waals surface area contributed by atoms with Crippen LogP contribution in [0.1, 0.15) is 53.7 Å². The highest BCUT2D eigenvalue weighted by molar-refractivity contribution is 6.30. The van der Waals surface area contributed by atoms with Crippen LogP contribution >= 0.6 is 11.6 Å². The molecule has 0 bridgehead atoms. The molecule has 3 rings (SSSR count). The van der Waals surface area contributed by atoms with Crippen LogP contribution in [0.5, 0.6) is 5.75 Å². The molecule has 0 aliphatic rings. The van der Waals surface area contributed by atoms with Gasteiger partial charge >= 0.3 is 5.97 Å². The minimum Gasteiger partial charge on any atom is -0.505 e. The number of carbonyl (C=O) groups excluding carboxylic acids is 1. The Hall–Kier alpha value is -2.86. The van der Waals surface area contributed by atoms with Crippen LogP contribution in [0.25, 0.3) is 10.9 Å². The Morgan fingerprint density at radius 3 is 2.41 bits per heavy atom. The first-order chi connectivity index (χ1) is 13.8. The number of carboxylic acid groups (broad SMARTS) is 1. The number of phenols is 1. The van der Waals surface area contributed by atoms with Crippen LogP contribution in [-0.4, -0.2) is 26.7 Å². The average molecular weight is 418 g/mol. The summed E-state index contributed by atoms with van der Waals surface area (Å²) in [6.07, 6.45) is 1.71. The quantitative estimate of drug-likeness (QED) is 0.555. The number of hydrogen-bond acceptors (Lipinski definition) is 3. The van der Waals surface area contributed by atoms with Crippen molar-refractivity contribution in [3.8, 4) is 5.75 Å². The molecule has 0 spiro atoms. The van der Waals surface area contributed by atoms with Crippen LogP contribution < -0.4 is 0 Å². The molecule has 0 saturated heterocycles. The normalized spacial score (nSPS) is 12.3. The molecule has 7 heteroatoms. The summed E-state index contributed by atoms with van der Waals surface area (Å²) >= 11 is 5.90. The van der Waals surface area contributed by atoms with E-state index in [1.807, 2.05) is 6.92 Å². The van der Waals surface area contributed by atoms with Crippen LogP contribution in [0.2, 0.25) is 5.02 Å². The first kappa shape index (κ1) is 20.9. The molecule has 0 amide bonds. The van der Waals surface area contributed by atoms with E-state index in [4.69, 9.17) is 11.6 Å². The van der Waals surface area contributed by atoms with Crippen molar-refractivity contribution in [3.63, 3.8) is 0 Å². The van der Waals surface area contributed by atoms with Crippen LogP contribution in [0.3, 0.4) is 0 Å². The van der Waals surface area contributed by atoms with Gasteiger partial charge in [0, 0.05) is 21.7 Å². The molecular weight excluding hydrogens is 397 g/mol. The Kier molecular flexibility index (Phi) is 5.94. The number of aromatic nitrogens is 1. The third-order valence-corrected chi connectivity index (χ3v) is 5.37. The van der Waals surface area contributed by atoms with E-state index in [2.05, 4.69) is 0 Å². The van der Waals surface area contributed by atoms with Gasteiger partial charge in [0.15, 0.2) is 11.6 Å². The second kappa shape index (κ2) is 8.25. The van der Waals surface area contributed by atoms with Crippen LogP contribution in [0, 0.1) is 12.7 Å². The van der Waals surface area contributed by atoms with E-state index in [1.165, 1.54) is 10.6 Å². The highest BCUT2D eigenvalue weighted by atomic mass is 35.5. The summed E-state index contributed by atoms with van der Waals surface area (Å²) in [6.45, 7) is 3.53. The Morgan fingerprint density at radius 1 is 1.17 bits per heavy atom. The maximum Gasteiger partial charge on any atom is 0.311 e. The zero-order chi connectivity index (χ0) is 21.3. The number of rotatable bonds is 6. The number of aromatic hydroxyl groups is 1. The van der Waals surface area contributed by atoms with Crippen molar-refractivity contribution in [2.75, 3.05) is 0 Å². The van der Waals surface area contributed by atoms with Crippen molar-refractivity contribution in [1.29, 1.82) is 0 Å². The van der Waals surface area contributed by atoms with Crippen molar-refractivity contribution < 1.29 is 24.2 Å². The number of hydrogen-bond donors (Lipinski definition) is 2. The SMILES string of the molecule is CCCCC(C(=O)O)c1c(C)n(C(=O)c2ccc(Cl)cc2)c2ccc(O)c(F)c12. The molecule has 2 aromatic carbocycles. The number of unbranched alkanes of at least 4 members (excludes halogenated alkanes) is 1. The van der Waals surface area contributed by atoms with Gasteiger partial charge in [-0.15, -0.1) is 0 Å². The van der Waals surface area contributed by atoms with Crippen molar-refractivity contribution in [3.05, 3.63) is 64.1 Å². The van der Waals surface area contributed by atoms with Gasteiger partial charge in [0.1, 0.15) is 0 Å². The molecule has 1 aromatic heterocycles. The first-order valence-electron chi connectivity index (χ1n) is 9.33. The number of phenolic OH excluding ortho intramolecular Hbond substituents is 1. The van der Waals surface area contributed by atoms with E-state index in [9.17, 15) is 24.2 Å². The zero-order valence-electron chi connectivity index (χ0n) is 16.1. The highest BCUT2D eigenvalue weighted by Crippen LogP contribution is 2.39. The maximum atomic E-state index is 14.9. The molecule has 0 saturated carbocycles. The molecule has 0 fully saturated rings. The lowest BCUT2D eigenvalue weighted by atomic mass is 9.91. The molecule has 152 valence electrons. The number of halogens is 2. The van der Waals surface area contributed by atoms with E-state index in [1.54, 1.807) is 31.2 Å². The third-order valence-electron chi connectivity index (χ3n) is 5.12. The number of fused-ring (bicyclic) bond motifs is 1. The summed E-state index contributed by atoms with van der Waals surface area (Å²) in [5.74, 6) is -4.03. The molecule has 2 N–H and O–H groups in total. The second-order valence-electron chi connectivity index (χ2n) is 6.97. The molecule has 1 heterocycles. The number of aliphatic carboxylic acids is 1. The van der Waals surface area contributed by atoms with Gasteiger partial charge in [-0.3, -0.25) is 14.2 Å². The molecule has 1 atom stereocenters. The summed E-state index contributed by atoms with van der Waals surface area (Å²) in [5, 5.41) is 20.1. The number of nitrogens with zero attached hydrogens (tertiary/aromatic N) is 1. The third kappa shape index (κ3) is 3.72. The number of carbonyl (C=O) groups is 2. The summed E-state index contributed by atoms with van der Waals surface area (Å²) in [7, 11) is 0. The lowest BCUT2D eigenvalue weighted by molar-refractivity contribution is -0.139. The van der Waals surface area contributed by atoms with E-state index in [0.29, 0.717) is 29.1 Å². The van der Waals surface area contributed by atoms with E-state index >= 15 is 0 Å². The predicted molar refractivity (Wildman–Crippen MR) is 109 cm³/mol. The van der Waals surface area contributed by atoms with Crippen LogP contribution in [-0.2, 0) is 4.79 Å². The summed E-state index contributed by atoms with van der Waals surface area (Å²) in [5.41, 5.74) is 1.11. The van der Waals surface area contributed by atoms with Crippen molar-refractivity contribution in [1.82, 2.24) is 4.57 Å². The summed E-state index contributed by atoms with van der Waals surface area (Å²) in [6, 6.07) is 8.84. The van der Waals surface area contributed by atoms with E-state index in [-0.39, 0.29) is 16.5 Å². The number of carboxylic acids is 1. The van der Waals surface area contributed by atoms with Gasteiger partial charge in [0.05, 0.1) is 11.4 Å². The second-order valence-corrected chi connectivity index (χ2v) is 7.41. The Bertz CT molecular complexity index is 1090. The first-order valence-corrected chi connectivity index (χ1v) is 9.71. The highest BCUT2D eigenvalue weighted by Gasteiger charge is 2.31. The van der Waals surface area contributed by atoms with Gasteiger partial charge in [0.2, 0.25) is 0 Å². The molecule has 0 aliphatic carbocycles. The van der Waals surface area contributed by atoms with Crippen LogP contribution in [0.4, 0.5) is 4.39 Å². The minimum absolute atomic E-state index is 0.0340. The molecule has 0 aliphatic heterocycles. The monoisotopic (exact) mass is 417 g/mol. The smallest absolute Gasteiger partial charge is 0.311 e. The lowest BCUT2D eigenvalue weighted by Gasteiger charge is -2.14. The van der Waals surface area contributed by atoms with Crippen molar-refractivity contribution in [2.45, 2.75) is 39.0 Å². The summed E-state index contributed by atoms with van der Waals surface area (Å²) < 4.78 is 16.2. The molecule has 1 unspecified atom stereocenters. The molecule has 5 nitrogen and oxygen atoms in total. The summed E-state index contributed by atoms with van der Waals surface area (Å²) in [4.78, 5) is 25.2. The fourth-order valence-electron chi connectivity index (χ4n) is 3.69. The molecule has 29 heavy (non-hydrogen) atoms. The van der Waals surface area contributed by atoms with Crippen molar-refractivity contribution in [2.24, 2.45) is 0 Å². The van der Waals surface area contributed by atoms with E-state index < -0.39 is 29.4 Å². The van der Waals surface area contributed by atoms with E-state index in [0.717, 1.165) is 12.5 Å². The average Bonchev–Trinajstić information content (AvgIpc) is 2.98. The van der Waals surface area contributed by atoms with Gasteiger partial charge in [-0.1, -0.05) is 31.4 Å². The van der Waals surface area contributed by atoms with Gasteiger partial charge in [-0.05, 0) is 55.3 Å². The Morgan fingerprint density at radius 2 is 1.83 bits per heavy atom. The Balaban J connectivity index is 2.30. The van der Waals surface area contributed by atoms with Crippen LogP contribution in [0.15, 0.2) is 36.4 Å². The zero-order valence-corrected chi connectivity index (χ0v) is 16.8. The largest absolute Gasteiger partial charge is 0.505 e. The fraction of sp³-hybridized carbons (Fsp3) is 0.273. The maximum absolute atomic E-state index is 14.9. The lowest BCUT2D eigenvalue weighted by Crippen LogP contribution is -2.16. The van der Waals surface area contributed by atoms with Gasteiger partial charge < -0.3 is 10.2 Å². The number of benzene rings is 2. The topological polar surface area (TPSA) is 79.5 Å². The molecular formula is C22H21ClFNO4. The predicted octanol–water partition coefficient (Wildman–Crippen LogP) is 5.49. The fourth-order valence-corrected chi connectivity index (χ4v) is 3.81. The molecule has 0 radical (unpaired) electrons. The minimum atomic E-state index is -1.10. The van der Waals surface area contributed by atoms with Crippen molar-refractivity contribution >= 4 is 34.4 Å². The van der Waals surface area contributed by atoms with Gasteiger partial charge in [-0.2, -0.15) is 0 Å². The molecule has 3 aromatic rings. The Labute approximate surface area is 172 Å². The standard InChI is InChI=1S/C22H21ClFNO4/c1-3-4-5-15(22(28)29)18-12(2)25(16-10-11-17(26)20(24)19(16)18)21(27)13-6-8-14(23)9-7-13/h6-11,15,26H,3-5H2,1-2H3,(H,28,29). The van der Waals surface area contributed by atoms with Gasteiger partial charge in [-0.25, -0.2) is 4.39 Å².